The first-order chi connectivity index (χ1) is 17.0. The number of hydrogen-bond acceptors (Lipinski definition) is 9. The number of carbonyl (C=O) groups excluding carboxylic acids is 1. The molecule has 5 rings (SSSR count). The number of anilines is 1. The van der Waals surface area contributed by atoms with Crippen molar-refractivity contribution in [2.75, 3.05) is 25.3 Å². The maximum atomic E-state index is 12.6. The Kier molecular flexibility index (Phi) is 6.48. The molecule has 3 atom stereocenters. The first-order valence-electron chi connectivity index (χ1n) is 11.5. The molecule has 3 N–H and O–H groups in total. The zero-order chi connectivity index (χ0) is 24.5. The Balaban J connectivity index is 1.17. The van der Waals surface area contributed by atoms with E-state index in [1.54, 1.807) is 32.4 Å². The number of nitrogens with one attached hydrogen (secondary N) is 3. The highest BCUT2D eigenvalue weighted by Crippen LogP contribution is 2.35. The average Bonchev–Trinajstić information content (AvgIpc) is 3.48. The fourth-order valence-electron chi connectivity index (χ4n) is 4.59. The third-order valence-corrected chi connectivity index (χ3v) is 7.60. The topological polar surface area (TPSA) is 90.5 Å². The van der Waals surface area contributed by atoms with Gasteiger partial charge in [0.1, 0.15) is 6.17 Å². The highest BCUT2D eigenvalue weighted by Gasteiger charge is 2.44. The van der Waals surface area contributed by atoms with Gasteiger partial charge in [-0.25, -0.2) is 5.43 Å². The first kappa shape index (κ1) is 23.4. The van der Waals surface area contributed by atoms with E-state index >= 15 is 0 Å². The molecule has 0 aliphatic carbocycles. The van der Waals surface area contributed by atoms with Crippen molar-refractivity contribution in [3.8, 4) is 11.5 Å². The van der Waals surface area contributed by atoms with Gasteiger partial charge in [-0.2, -0.15) is 5.10 Å². The third kappa shape index (κ3) is 4.63. The monoisotopic (exact) mass is 494 g/mol. The summed E-state index contributed by atoms with van der Waals surface area (Å²) in [6.07, 6.45) is 5.03. The highest BCUT2D eigenvalue weighted by atomic mass is 32.2. The molecule has 3 heterocycles. The van der Waals surface area contributed by atoms with Crippen LogP contribution >= 0.6 is 11.8 Å². The van der Waals surface area contributed by atoms with Crippen LogP contribution < -0.4 is 25.6 Å². The molecule has 10 heteroatoms. The van der Waals surface area contributed by atoms with Crippen molar-refractivity contribution in [3.63, 3.8) is 0 Å². The van der Waals surface area contributed by atoms with Crippen LogP contribution in [0.4, 0.5) is 5.69 Å². The molecule has 3 aliphatic heterocycles. The summed E-state index contributed by atoms with van der Waals surface area (Å²) in [5, 5.41) is 10.4. The van der Waals surface area contributed by atoms with Gasteiger partial charge < -0.3 is 24.7 Å². The molecule has 1 amide bonds. The summed E-state index contributed by atoms with van der Waals surface area (Å²) in [6, 6.07) is 12.4. The van der Waals surface area contributed by atoms with E-state index in [2.05, 4.69) is 69.4 Å². The van der Waals surface area contributed by atoms with E-state index in [1.165, 1.54) is 28.5 Å². The number of rotatable bonds is 6. The zero-order valence-electron chi connectivity index (χ0n) is 20.2. The second kappa shape index (κ2) is 9.71. The number of hydrazine groups is 1. The molecule has 0 aromatic heterocycles. The van der Waals surface area contributed by atoms with Crippen LogP contribution in [0.25, 0.3) is 0 Å². The van der Waals surface area contributed by atoms with Gasteiger partial charge in [0.15, 0.2) is 16.7 Å². The number of carbonyl (C=O) groups is 1. The minimum absolute atomic E-state index is 0.0143. The molecule has 3 unspecified atom stereocenters. The van der Waals surface area contributed by atoms with E-state index < -0.39 is 0 Å². The predicted octanol–water partition coefficient (Wildman–Crippen LogP) is 3.30. The lowest BCUT2D eigenvalue weighted by Gasteiger charge is -2.36. The standard InChI is InChI=1S/C25H30N6O3S/c1-15-5-6-17(11-16(15)2)19-13-20-24-27-28-25(30(24)9-10-31(20)29-19)35-14-23(32)26-18-7-8-21(33-3)22(12-18)34-4/h5-12,19-20,24,27,29H,13-14H2,1-4H3,(H,26,32). The van der Waals surface area contributed by atoms with E-state index in [4.69, 9.17) is 9.47 Å². The Morgan fingerprint density at radius 2 is 1.94 bits per heavy atom. The fourth-order valence-corrected chi connectivity index (χ4v) is 5.36. The quantitative estimate of drug-likeness (QED) is 0.564. The van der Waals surface area contributed by atoms with Gasteiger partial charge in [-0.1, -0.05) is 30.0 Å². The second-order valence-electron chi connectivity index (χ2n) is 8.82. The number of benzene rings is 2. The molecule has 2 aromatic rings. The molecule has 2 aromatic carbocycles. The lowest BCUT2D eigenvalue weighted by molar-refractivity contribution is -0.113. The Hall–Kier alpha value is -3.37. The fraction of sp³-hybridized carbons (Fsp3) is 0.360. The number of aryl methyl sites for hydroxylation is 2. The van der Waals surface area contributed by atoms with Gasteiger partial charge >= 0.3 is 0 Å². The number of nitrogens with zero attached hydrogens (tertiary/aromatic N) is 3. The van der Waals surface area contributed by atoms with E-state index in [0.717, 1.165) is 11.6 Å². The largest absolute Gasteiger partial charge is 0.493 e. The van der Waals surface area contributed by atoms with Gasteiger partial charge in [0.05, 0.1) is 32.1 Å². The van der Waals surface area contributed by atoms with Crippen molar-refractivity contribution in [1.29, 1.82) is 0 Å². The normalized spacial score (nSPS) is 22.3. The first-order valence-corrected chi connectivity index (χ1v) is 12.5. The Labute approximate surface area is 209 Å². The van der Waals surface area contributed by atoms with Crippen LogP contribution in [0.2, 0.25) is 0 Å². The molecule has 1 saturated heterocycles. The van der Waals surface area contributed by atoms with E-state index in [9.17, 15) is 4.79 Å². The summed E-state index contributed by atoms with van der Waals surface area (Å²) in [5.74, 6) is 1.30. The van der Waals surface area contributed by atoms with Crippen LogP contribution in [0.5, 0.6) is 11.5 Å². The summed E-state index contributed by atoms with van der Waals surface area (Å²) >= 11 is 1.40. The Bertz CT molecular complexity index is 1190. The van der Waals surface area contributed by atoms with Crippen molar-refractivity contribution in [2.45, 2.75) is 38.5 Å². The summed E-state index contributed by atoms with van der Waals surface area (Å²) in [4.78, 5) is 14.7. The Morgan fingerprint density at radius 3 is 2.71 bits per heavy atom. The van der Waals surface area contributed by atoms with Gasteiger partial charge in [0.2, 0.25) is 5.91 Å². The summed E-state index contributed by atoms with van der Waals surface area (Å²) in [7, 11) is 3.15. The second-order valence-corrected chi connectivity index (χ2v) is 9.76. The molecule has 3 aliphatic rings. The van der Waals surface area contributed by atoms with Gasteiger partial charge in [-0.15, -0.1) is 0 Å². The van der Waals surface area contributed by atoms with Crippen LogP contribution in [0, 0.1) is 13.8 Å². The van der Waals surface area contributed by atoms with E-state index in [0.29, 0.717) is 17.2 Å². The molecule has 9 nitrogen and oxygen atoms in total. The zero-order valence-corrected chi connectivity index (χ0v) is 21.1. The van der Waals surface area contributed by atoms with Crippen molar-refractivity contribution >= 4 is 28.5 Å². The van der Waals surface area contributed by atoms with Crippen LogP contribution in [-0.4, -0.2) is 53.2 Å². The van der Waals surface area contributed by atoms with Crippen LogP contribution in [0.1, 0.15) is 29.2 Å². The number of hydrogen-bond donors (Lipinski definition) is 3. The number of thioether (sulfide) groups is 1. The SMILES string of the molecule is COc1ccc(NC(=O)CSC2=NNC3C4CC(c5ccc(C)c(C)c5)NN4C=CN23)cc1OC. The molecule has 0 bridgehead atoms. The predicted molar refractivity (Wildman–Crippen MR) is 138 cm³/mol. The van der Waals surface area contributed by atoms with Gasteiger partial charge in [0, 0.05) is 24.2 Å². The van der Waals surface area contributed by atoms with Crippen molar-refractivity contribution in [2.24, 2.45) is 5.10 Å². The third-order valence-electron chi connectivity index (χ3n) is 6.64. The minimum Gasteiger partial charge on any atom is -0.493 e. The van der Waals surface area contributed by atoms with E-state index in [-0.39, 0.29) is 29.9 Å². The molecular formula is C25H30N6O3S. The number of methoxy groups -OCH3 is 2. The smallest absolute Gasteiger partial charge is 0.234 e. The number of hydrazone groups is 1. The highest BCUT2D eigenvalue weighted by molar-refractivity contribution is 8.14. The van der Waals surface area contributed by atoms with Crippen LogP contribution in [-0.2, 0) is 4.79 Å². The maximum Gasteiger partial charge on any atom is 0.234 e. The molecule has 0 saturated carbocycles. The van der Waals surface area contributed by atoms with Gasteiger partial charge in [0.25, 0.3) is 0 Å². The number of amidine groups is 1. The summed E-state index contributed by atoms with van der Waals surface area (Å²) < 4.78 is 10.6. The molecular weight excluding hydrogens is 464 g/mol. The molecule has 1 fully saturated rings. The average molecular weight is 495 g/mol. The minimum atomic E-state index is -0.117. The molecule has 0 spiro atoms. The lowest BCUT2D eigenvalue weighted by Crippen LogP contribution is -2.54. The van der Waals surface area contributed by atoms with Crippen molar-refractivity contribution < 1.29 is 14.3 Å². The molecule has 35 heavy (non-hydrogen) atoms. The summed E-state index contributed by atoms with van der Waals surface area (Å²) in [5.41, 5.74) is 11.4. The van der Waals surface area contributed by atoms with E-state index in [1.807, 2.05) is 6.20 Å². The molecule has 184 valence electrons. The van der Waals surface area contributed by atoms with Crippen LogP contribution in [0.3, 0.4) is 0 Å². The Morgan fingerprint density at radius 1 is 1.11 bits per heavy atom. The van der Waals surface area contributed by atoms with Crippen molar-refractivity contribution in [3.05, 3.63) is 65.5 Å². The molecule has 0 radical (unpaired) electrons. The summed E-state index contributed by atoms with van der Waals surface area (Å²) in [6.45, 7) is 4.29. The maximum absolute atomic E-state index is 12.6. The van der Waals surface area contributed by atoms with Crippen molar-refractivity contribution in [1.82, 2.24) is 20.8 Å². The van der Waals surface area contributed by atoms with Gasteiger partial charge in [-0.05, 0) is 49.1 Å². The van der Waals surface area contributed by atoms with Gasteiger partial charge in [-0.3, -0.25) is 10.2 Å². The lowest BCUT2D eigenvalue weighted by atomic mass is 9.97. The number of ether oxygens (including phenoxy) is 2. The number of amides is 1. The number of fused-ring (bicyclic) bond motifs is 3. The van der Waals surface area contributed by atoms with Crippen LogP contribution in [0.15, 0.2) is 53.9 Å².